The summed E-state index contributed by atoms with van der Waals surface area (Å²) in [5.74, 6) is -2.42. The van der Waals surface area contributed by atoms with Crippen LogP contribution in [0.4, 0.5) is 0 Å². The van der Waals surface area contributed by atoms with Crippen molar-refractivity contribution in [3.05, 3.63) is 69.3 Å². The molecule has 2 aromatic rings. The van der Waals surface area contributed by atoms with Gasteiger partial charge >= 0.3 is 5.97 Å². The summed E-state index contributed by atoms with van der Waals surface area (Å²) in [6.45, 7) is 0.512. The topological polar surface area (TPSA) is 149 Å². The second-order valence-electron chi connectivity index (χ2n) is 7.03. The normalized spacial score (nSPS) is 11.4. The summed E-state index contributed by atoms with van der Waals surface area (Å²) in [7, 11) is 0. The van der Waals surface area contributed by atoms with E-state index in [9.17, 15) is 19.5 Å². The van der Waals surface area contributed by atoms with E-state index in [1.54, 1.807) is 30.3 Å². The highest BCUT2D eigenvalue weighted by atomic mass is 127. The second-order valence-corrected chi connectivity index (χ2v) is 8.28. The van der Waals surface area contributed by atoms with Crippen LogP contribution < -0.4 is 16.5 Å². The number of nitrogens with zero attached hydrogens (tertiary/aromatic N) is 1. The molecule has 0 aromatic heterocycles. The first-order valence-electron chi connectivity index (χ1n) is 9.97. The van der Waals surface area contributed by atoms with Crippen LogP contribution in [0.15, 0.2) is 54.6 Å². The fraction of sp³-hybridized carbons (Fsp3) is 0.273. The number of hydrogen-bond acceptors (Lipinski definition) is 5. The van der Waals surface area contributed by atoms with Crippen molar-refractivity contribution in [3.63, 3.8) is 0 Å². The van der Waals surface area contributed by atoms with Gasteiger partial charge in [0.15, 0.2) is 11.7 Å². The van der Waals surface area contributed by atoms with Crippen LogP contribution in [0, 0.1) is 8.98 Å². The van der Waals surface area contributed by atoms with Crippen LogP contribution in [0.5, 0.6) is 0 Å². The summed E-state index contributed by atoms with van der Waals surface area (Å²) in [4.78, 5) is 37.5. The number of benzene rings is 2. The smallest absolute Gasteiger partial charge is 0.328 e. The Morgan fingerprint density at radius 2 is 1.84 bits per heavy atom. The molecule has 0 heterocycles. The number of carboxylic acids is 1. The highest BCUT2D eigenvalue weighted by molar-refractivity contribution is 14.1. The zero-order valence-electron chi connectivity index (χ0n) is 17.4. The van der Waals surface area contributed by atoms with Crippen molar-refractivity contribution in [1.82, 2.24) is 15.8 Å². The molecular weight excluding hydrogens is 525 g/mol. The molecule has 10 heteroatoms. The van der Waals surface area contributed by atoms with Crippen LogP contribution in [0.25, 0.3) is 0 Å². The van der Waals surface area contributed by atoms with Gasteiger partial charge in [0.1, 0.15) is 6.04 Å². The lowest BCUT2D eigenvalue weighted by Crippen LogP contribution is -2.53. The van der Waals surface area contributed by atoms with Crippen LogP contribution in [-0.4, -0.2) is 46.3 Å². The van der Waals surface area contributed by atoms with Gasteiger partial charge in [-0.05, 0) is 53.1 Å². The third-order valence-corrected chi connectivity index (χ3v) is 5.26. The SMILES string of the molecule is N=C(N)NCCC[C@@H](C(=O)O)N(NCc1cccc(I)c1)C(=O)CC(=O)c1ccccc1. The second kappa shape index (κ2) is 12.8. The number of Topliss-reactive ketones (excluding diaryl/α,β-unsaturated/α-hetero) is 1. The molecule has 2 aromatic carbocycles. The molecule has 0 radical (unpaired) electrons. The molecule has 2 rings (SSSR count). The minimum atomic E-state index is -1.19. The van der Waals surface area contributed by atoms with Crippen molar-refractivity contribution in [1.29, 1.82) is 5.41 Å². The standard InChI is InChI=1S/C22H26IN5O4/c23-17-9-4-6-15(12-17)14-27-28(18(21(31)32)10-5-11-26-22(24)25)20(30)13-19(29)16-7-2-1-3-8-16/h1-4,6-9,12,18,27H,5,10-11,13-14H2,(H,31,32)(H4,24,25,26)/t18-/m0/s1. The number of carboxylic acid groups (broad SMARTS) is 1. The van der Waals surface area contributed by atoms with Crippen LogP contribution in [0.2, 0.25) is 0 Å². The molecule has 0 aliphatic carbocycles. The average molecular weight is 551 g/mol. The minimum Gasteiger partial charge on any atom is -0.480 e. The molecule has 32 heavy (non-hydrogen) atoms. The van der Waals surface area contributed by atoms with Crippen LogP contribution in [0.1, 0.15) is 35.2 Å². The van der Waals surface area contributed by atoms with Gasteiger partial charge < -0.3 is 16.2 Å². The largest absolute Gasteiger partial charge is 0.480 e. The third kappa shape index (κ3) is 8.27. The Morgan fingerprint density at radius 3 is 2.47 bits per heavy atom. The van der Waals surface area contributed by atoms with Crippen LogP contribution in [-0.2, 0) is 16.1 Å². The lowest BCUT2D eigenvalue weighted by molar-refractivity contribution is -0.153. The van der Waals surface area contributed by atoms with Crippen LogP contribution in [0.3, 0.4) is 0 Å². The van der Waals surface area contributed by atoms with Gasteiger partial charge in [-0.25, -0.2) is 10.2 Å². The number of nitrogens with one attached hydrogen (secondary N) is 3. The quantitative estimate of drug-likeness (QED) is 0.0516. The molecule has 0 unspecified atom stereocenters. The number of halogens is 1. The Hall–Kier alpha value is -2.99. The predicted octanol–water partition coefficient (Wildman–Crippen LogP) is 2.11. The lowest BCUT2D eigenvalue weighted by atomic mass is 10.1. The van der Waals surface area contributed by atoms with Gasteiger partial charge in [-0.1, -0.05) is 42.5 Å². The van der Waals surface area contributed by atoms with Gasteiger partial charge in [-0.2, -0.15) is 0 Å². The van der Waals surface area contributed by atoms with Crippen molar-refractivity contribution in [2.75, 3.05) is 6.54 Å². The minimum absolute atomic E-state index is 0.111. The molecule has 0 bridgehead atoms. The first kappa shape index (κ1) is 25.3. The van der Waals surface area contributed by atoms with E-state index < -0.39 is 24.3 Å². The molecule has 1 amide bonds. The van der Waals surface area contributed by atoms with Gasteiger partial charge in [0.25, 0.3) is 0 Å². The van der Waals surface area contributed by atoms with E-state index in [-0.39, 0.29) is 24.7 Å². The Bertz CT molecular complexity index is 954. The average Bonchev–Trinajstić information content (AvgIpc) is 2.75. The molecule has 0 spiro atoms. The van der Waals surface area contributed by atoms with Crippen LogP contribution >= 0.6 is 22.6 Å². The summed E-state index contributed by atoms with van der Waals surface area (Å²) in [6, 6.07) is 14.8. The molecule has 170 valence electrons. The maximum absolute atomic E-state index is 13.0. The molecule has 0 fully saturated rings. The highest BCUT2D eigenvalue weighted by Crippen LogP contribution is 2.13. The molecule has 0 saturated heterocycles. The van der Waals surface area contributed by atoms with Crippen molar-refractivity contribution in [2.45, 2.75) is 31.8 Å². The number of aliphatic carboxylic acids is 1. The highest BCUT2D eigenvalue weighted by Gasteiger charge is 2.30. The number of nitrogens with two attached hydrogens (primary N) is 1. The van der Waals surface area contributed by atoms with Crippen molar-refractivity contribution >= 4 is 46.2 Å². The number of carbonyl (C=O) groups excluding carboxylic acids is 2. The summed E-state index contributed by atoms with van der Waals surface area (Å²) in [5.41, 5.74) is 9.42. The fourth-order valence-electron chi connectivity index (χ4n) is 3.03. The van der Waals surface area contributed by atoms with Crippen molar-refractivity contribution in [2.24, 2.45) is 5.73 Å². The molecule has 1 atom stereocenters. The molecule has 9 nitrogen and oxygen atoms in total. The number of hydrogen-bond donors (Lipinski definition) is 5. The monoisotopic (exact) mass is 551 g/mol. The predicted molar refractivity (Wildman–Crippen MR) is 129 cm³/mol. The van der Waals surface area contributed by atoms with Gasteiger partial charge in [-0.3, -0.25) is 20.0 Å². The first-order valence-corrected chi connectivity index (χ1v) is 11.0. The number of guanidine groups is 1. The Balaban J connectivity index is 2.16. The maximum atomic E-state index is 13.0. The Morgan fingerprint density at radius 1 is 1.12 bits per heavy atom. The van der Waals surface area contributed by atoms with E-state index >= 15 is 0 Å². The summed E-state index contributed by atoms with van der Waals surface area (Å²) in [6.07, 6.45) is 0.0108. The number of rotatable bonds is 12. The fourth-order valence-corrected chi connectivity index (χ4v) is 3.63. The number of amides is 1. The van der Waals surface area contributed by atoms with E-state index in [1.165, 1.54) is 0 Å². The van der Waals surface area contributed by atoms with E-state index in [0.29, 0.717) is 18.5 Å². The van der Waals surface area contributed by atoms with E-state index in [2.05, 4.69) is 33.3 Å². The first-order chi connectivity index (χ1) is 15.3. The number of ketones is 1. The Labute approximate surface area is 200 Å². The van der Waals surface area contributed by atoms with E-state index in [1.807, 2.05) is 24.3 Å². The molecule has 0 aliphatic rings. The zero-order valence-corrected chi connectivity index (χ0v) is 19.5. The van der Waals surface area contributed by atoms with Gasteiger partial charge in [0, 0.05) is 22.2 Å². The summed E-state index contributed by atoms with van der Waals surface area (Å²) >= 11 is 2.17. The van der Waals surface area contributed by atoms with E-state index in [0.717, 1.165) is 14.1 Å². The molecule has 6 N–H and O–H groups in total. The third-order valence-electron chi connectivity index (χ3n) is 4.59. The van der Waals surface area contributed by atoms with Gasteiger partial charge in [0.2, 0.25) is 5.91 Å². The van der Waals surface area contributed by atoms with Crippen molar-refractivity contribution in [3.8, 4) is 0 Å². The zero-order chi connectivity index (χ0) is 23.5. The number of hydrazine groups is 1. The van der Waals surface area contributed by atoms with Gasteiger partial charge in [-0.15, -0.1) is 0 Å². The Kier molecular flexibility index (Phi) is 10.1. The van der Waals surface area contributed by atoms with E-state index in [4.69, 9.17) is 11.1 Å². The molecule has 0 saturated carbocycles. The molecule has 0 aliphatic heterocycles. The summed E-state index contributed by atoms with van der Waals surface area (Å²) in [5, 5.41) is 20.6. The lowest BCUT2D eigenvalue weighted by Gasteiger charge is -2.29. The maximum Gasteiger partial charge on any atom is 0.328 e. The number of carbonyl (C=O) groups is 3. The molecular formula is C22H26IN5O4. The van der Waals surface area contributed by atoms with Crippen molar-refractivity contribution < 1.29 is 19.5 Å². The summed E-state index contributed by atoms with van der Waals surface area (Å²) < 4.78 is 1.00. The van der Waals surface area contributed by atoms with Gasteiger partial charge in [0.05, 0.1) is 6.42 Å².